The number of carbonyl (C=O) groups excluding carboxylic acids is 2. The molecule has 0 atom stereocenters. The van der Waals surface area contributed by atoms with Gasteiger partial charge < -0.3 is 10.6 Å². The molecule has 0 unspecified atom stereocenters. The lowest BCUT2D eigenvalue weighted by atomic mass is 10.1. The summed E-state index contributed by atoms with van der Waals surface area (Å²) in [5.74, 6) is -0.819. The number of hydrogen-bond acceptors (Lipinski definition) is 3. The third kappa shape index (κ3) is 6.25. The Kier molecular flexibility index (Phi) is 7.29. The molecule has 3 aromatic carbocycles. The lowest BCUT2D eigenvalue weighted by Crippen LogP contribution is -2.31. The zero-order valence-corrected chi connectivity index (χ0v) is 16.8. The molecule has 0 aliphatic heterocycles. The van der Waals surface area contributed by atoms with Crippen LogP contribution in [0.5, 0.6) is 0 Å². The monoisotopic (exact) mass is 405 g/mol. The van der Waals surface area contributed by atoms with Gasteiger partial charge in [0.2, 0.25) is 5.91 Å². The Bertz CT molecular complexity index is 1010. The van der Waals surface area contributed by atoms with E-state index in [0.29, 0.717) is 24.3 Å². The van der Waals surface area contributed by atoms with Crippen LogP contribution in [0.4, 0.5) is 10.1 Å². The number of para-hydroxylation sites is 1. The number of halogens is 1. The molecule has 0 spiro atoms. The molecule has 0 saturated carbocycles. The first-order valence-corrected chi connectivity index (χ1v) is 9.65. The van der Waals surface area contributed by atoms with Crippen molar-refractivity contribution in [3.63, 3.8) is 0 Å². The summed E-state index contributed by atoms with van der Waals surface area (Å²) in [5, 5.41) is 5.67. The number of hydrogen-bond donors (Lipinski definition) is 2. The highest BCUT2D eigenvalue weighted by atomic mass is 19.1. The largest absolute Gasteiger partial charge is 0.348 e. The van der Waals surface area contributed by atoms with Crippen LogP contribution in [0.25, 0.3) is 0 Å². The van der Waals surface area contributed by atoms with Crippen LogP contribution < -0.4 is 10.6 Å². The maximum Gasteiger partial charge on any atom is 0.253 e. The zero-order chi connectivity index (χ0) is 21.3. The van der Waals surface area contributed by atoms with E-state index in [4.69, 9.17) is 0 Å². The molecule has 0 radical (unpaired) electrons. The first-order chi connectivity index (χ1) is 14.5. The number of carbonyl (C=O) groups is 2. The van der Waals surface area contributed by atoms with E-state index in [9.17, 15) is 14.0 Å². The SMILES string of the molecule is CN(CC(=O)Nc1ccccc1C(=O)NCc1ccccc1)Cc1cccc(F)c1. The van der Waals surface area contributed by atoms with E-state index in [2.05, 4.69) is 10.6 Å². The van der Waals surface area contributed by atoms with Gasteiger partial charge in [0.1, 0.15) is 5.82 Å². The normalized spacial score (nSPS) is 10.6. The number of amides is 2. The Hall–Kier alpha value is -3.51. The van der Waals surface area contributed by atoms with Gasteiger partial charge in [0.15, 0.2) is 0 Å². The molecule has 0 bridgehead atoms. The second kappa shape index (κ2) is 10.3. The van der Waals surface area contributed by atoms with Gasteiger partial charge in [-0.2, -0.15) is 0 Å². The van der Waals surface area contributed by atoms with Crippen LogP contribution >= 0.6 is 0 Å². The standard InChI is InChI=1S/C24H24FN3O2/c1-28(16-19-10-7-11-20(25)14-19)17-23(29)27-22-13-6-5-12-21(22)24(30)26-15-18-8-3-2-4-9-18/h2-14H,15-17H2,1H3,(H,26,30)(H,27,29). The van der Waals surface area contributed by atoms with Crippen LogP contribution in [0.2, 0.25) is 0 Å². The first-order valence-electron chi connectivity index (χ1n) is 9.65. The summed E-state index contributed by atoms with van der Waals surface area (Å²) in [4.78, 5) is 26.9. The summed E-state index contributed by atoms with van der Waals surface area (Å²) in [5.41, 5.74) is 2.62. The van der Waals surface area contributed by atoms with Gasteiger partial charge in [-0.3, -0.25) is 14.5 Å². The first kappa shape index (κ1) is 21.2. The Morgan fingerprint density at radius 2 is 1.60 bits per heavy atom. The van der Waals surface area contributed by atoms with Gasteiger partial charge in [0.05, 0.1) is 17.8 Å². The van der Waals surface area contributed by atoms with Crippen LogP contribution in [0.1, 0.15) is 21.5 Å². The van der Waals surface area contributed by atoms with Gasteiger partial charge in [0.25, 0.3) is 5.91 Å². The second-order valence-electron chi connectivity index (χ2n) is 7.06. The number of nitrogens with one attached hydrogen (secondary N) is 2. The van der Waals surface area contributed by atoms with Crippen molar-refractivity contribution in [1.82, 2.24) is 10.2 Å². The quantitative estimate of drug-likeness (QED) is 0.599. The van der Waals surface area contributed by atoms with E-state index in [1.165, 1.54) is 12.1 Å². The molecule has 3 aromatic rings. The van der Waals surface area contributed by atoms with Crippen LogP contribution in [-0.2, 0) is 17.9 Å². The molecule has 2 N–H and O–H groups in total. The molecular formula is C24H24FN3O2. The summed E-state index contributed by atoms with van der Waals surface area (Å²) in [6.07, 6.45) is 0. The fraction of sp³-hybridized carbons (Fsp3) is 0.167. The molecule has 0 aliphatic carbocycles. The van der Waals surface area contributed by atoms with Crippen molar-refractivity contribution >= 4 is 17.5 Å². The van der Waals surface area contributed by atoms with Crippen LogP contribution in [0.3, 0.4) is 0 Å². The average molecular weight is 405 g/mol. The summed E-state index contributed by atoms with van der Waals surface area (Å²) < 4.78 is 13.3. The number of benzene rings is 3. The highest BCUT2D eigenvalue weighted by Crippen LogP contribution is 2.15. The number of likely N-dealkylation sites (N-methyl/N-ethyl adjacent to an activating group) is 1. The number of anilines is 1. The maximum absolute atomic E-state index is 13.3. The van der Waals surface area contributed by atoms with Crippen LogP contribution in [0, 0.1) is 5.82 Å². The minimum Gasteiger partial charge on any atom is -0.348 e. The molecule has 5 nitrogen and oxygen atoms in total. The van der Waals surface area contributed by atoms with Gasteiger partial charge >= 0.3 is 0 Å². The third-order valence-corrected chi connectivity index (χ3v) is 4.50. The van der Waals surface area contributed by atoms with Gasteiger partial charge in [-0.25, -0.2) is 4.39 Å². The summed E-state index contributed by atoms with van der Waals surface area (Å²) in [6.45, 7) is 0.944. The van der Waals surface area contributed by atoms with E-state index < -0.39 is 0 Å². The molecule has 0 heterocycles. The fourth-order valence-electron chi connectivity index (χ4n) is 3.10. The van der Waals surface area contributed by atoms with Gasteiger partial charge in [-0.1, -0.05) is 54.6 Å². The summed E-state index contributed by atoms with van der Waals surface area (Å²) in [6, 6.07) is 22.8. The Morgan fingerprint density at radius 3 is 2.37 bits per heavy atom. The lowest BCUT2D eigenvalue weighted by molar-refractivity contribution is -0.117. The van der Waals surface area contributed by atoms with E-state index in [1.54, 1.807) is 42.3 Å². The maximum atomic E-state index is 13.3. The average Bonchev–Trinajstić information content (AvgIpc) is 2.73. The zero-order valence-electron chi connectivity index (χ0n) is 16.8. The molecule has 6 heteroatoms. The molecule has 0 aromatic heterocycles. The molecule has 0 fully saturated rings. The Morgan fingerprint density at radius 1 is 0.900 bits per heavy atom. The predicted molar refractivity (Wildman–Crippen MR) is 115 cm³/mol. The topological polar surface area (TPSA) is 61.4 Å². The van der Waals surface area contributed by atoms with Gasteiger partial charge in [-0.15, -0.1) is 0 Å². The minimum atomic E-state index is -0.305. The Balaban J connectivity index is 1.58. The van der Waals surface area contributed by atoms with Crippen LogP contribution in [-0.4, -0.2) is 30.3 Å². The molecule has 154 valence electrons. The molecular weight excluding hydrogens is 381 g/mol. The Labute approximate surface area is 175 Å². The molecule has 0 aliphatic rings. The summed E-state index contributed by atoms with van der Waals surface area (Å²) >= 11 is 0. The van der Waals surface area contributed by atoms with Crippen molar-refractivity contribution in [1.29, 1.82) is 0 Å². The van der Waals surface area contributed by atoms with E-state index in [-0.39, 0.29) is 24.2 Å². The van der Waals surface area contributed by atoms with E-state index >= 15 is 0 Å². The van der Waals surface area contributed by atoms with Crippen molar-refractivity contribution in [2.45, 2.75) is 13.1 Å². The molecule has 0 saturated heterocycles. The number of nitrogens with zero attached hydrogens (tertiary/aromatic N) is 1. The van der Waals surface area contributed by atoms with Crippen molar-refractivity contribution in [2.75, 3.05) is 18.9 Å². The smallest absolute Gasteiger partial charge is 0.253 e. The van der Waals surface area contributed by atoms with Crippen molar-refractivity contribution < 1.29 is 14.0 Å². The molecule has 30 heavy (non-hydrogen) atoms. The molecule has 2 amide bonds. The molecule has 3 rings (SSSR count). The lowest BCUT2D eigenvalue weighted by Gasteiger charge is -2.17. The van der Waals surface area contributed by atoms with Crippen molar-refractivity contribution in [3.05, 3.63) is 101 Å². The van der Waals surface area contributed by atoms with E-state index in [1.807, 2.05) is 36.4 Å². The van der Waals surface area contributed by atoms with Crippen molar-refractivity contribution in [2.24, 2.45) is 0 Å². The minimum absolute atomic E-state index is 0.108. The highest BCUT2D eigenvalue weighted by Gasteiger charge is 2.14. The third-order valence-electron chi connectivity index (χ3n) is 4.50. The van der Waals surface area contributed by atoms with Crippen molar-refractivity contribution in [3.8, 4) is 0 Å². The van der Waals surface area contributed by atoms with Gasteiger partial charge in [-0.05, 0) is 42.4 Å². The van der Waals surface area contributed by atoms with Gasteiger partial charge in [0, 0.05) is 13.1 Å². The predicted octanol–water partition coefficient (Wildman–Crippen LogP) is 3.83. The number of rotatable bonds is 8. The fourth-order valence-corrected chi connectivity index (χ4v) is 3.10. The summed E-state index contributed by atoms with van der Waals surface area (Å²) in [7, 11) is 1.78. The van der Waals surface area contributed by atoms with E-state index in [0.717, 1.165) is 11.1 Å². The second-order valence-corrected chi connectivity index (χ2v) is 7.06. The highest BCUT2D eigenvalue weighted by molar-refractivity contribution is 6.04. The van der Waals surface area contributed by atoms with Crippen LogP contribution in [0.15, 0.2) is 78.9 Å².